The molecule has 7 aromatic rings. The minimum atomic E-state index is -4.97. The van der Waals surface area contributed by atoms with Gasteiger partial charge in [0.25, 0.3) is 11.8 Å². The van der Waals surface area contributed by atoms with Crippen molar-refractivity contribution in [1.29, 1.82) is 0 Å². The Kier molecular flexibility index (Phi) is 11.8. The number of primary amides is 2. The molecule has 7 rings (SSSR count). The Bertz CT molecular complexity index is 3150. The molecular formula is C43H44F4N12O5. The highest BCUT2D eigenvalue weighted by Crippen LogP contribution is 2.39. The largest absolute Gasteiger partial charge is 0.487 e. The molecule has 0 saturated carbocycles. The highest BCUT2D eigenvalue weighted by atomic mass is 19.3. The fraction of sp³-hybridized carbons (Fsp3) is 0.302. The van der Waals surface area contributed by atoms with Gasteiger partial charge < -0.3 is 34.5 Å². The molecule has 0 radical (unpaired) electrons. The molecule has 64 heavy (non-hydrogen) atoms. The summed E-state index contributed by atoms with van der Waals surface area (Å²) in [4.78, 5) is 60.6. The Hall–Kier alpha value is -7.58. The monoisotopic (exact) mass is 884 g/mol. The maximum absolute atomic E-state index is 17.0. The number of aromatic nitrogens is 8. The molecule has 3 aromatic carbocycles. The predicted molar refractivity (Wildman–Crippen MR) is 225 cm³/mol. The molecule has 0 aliphatic carbocycles. The molecule has 0 atom stereocenters. The number of fused-ring (bicyclic) bond motifs is 2. The molecule has 0 spiro atoms. The van der Waals surface area contributed by atoms with Crippen molar-refractivity contribution in [2.75, 3.05) is 0 Å². The van der Waals surface area contributed by atoms with Gasteiger partial charge in [0.1, 0.15) is 29.3 Å². The number of rotatable bonds is 14. The maximum Gasteiger partial charge on any atom is 0.329 e. The lowest BCUT2D eigenvalue weighted by Gasteiger charge is -2.28. The molecule has 4 N–H and O–H groups in total. The minimum absolute atomic E-state index is 0.0000433. The summed E-state index contributed by atoms with van der Waals surface area (Å²) in [7, 11) is 2.73. The number of aryl methyl sites for hydroxylation is 6. The van der Waals surface area contributed by atoms with Crippen LogP contribution in [0, 0.1) is 13.8 Å². The van der Waals surface area contributed by atoms with E-state index in [0.29, 0.717) is 17.0 Å². The van der Waals surface area contributed by atoms with Crippen LogP contribution < -0.4 is 27.4 Å². The third kappa shape index (κ3) is 8.22. The molecule has 0 saturated heterocycles. The zero-order valence-corrected chi connectivity index (χ0v) is 35.6. The first-order valence-corrected chi connectivity index (χ1v) is 20.0. The third-order valence-corrected chi connectivity index (χ3v) is 10.7. The number of nitrogens with two attached hydrogens (primary N) is 2. The van der Waals surface area contributed by atoms with Gasteiger partial charge in [-0.05, 0) is 75.7 Å². The standard InChI is InChI=1S/C43H44F4N12O5/c1-7-58-32(16-24(3)52-58)38(62)50-40-54(5)30-18-27(36(48)60)14-15-29(30)56(40)22-42(44,45)43(46,47)23-57-35-31(55(6)41(57)51-39(63)33-17-25(4)53-59(33)8-2)19-28(37(49)61)20-34(35)64-21-26-12-10-9-11-13-26/h9-20H,7-8,21-23H2,1-6H3,(H2,48,60)(H2,49,61)/b50-40+,51-41+. The normalized spacial score (nSPS) is 12.8. The zero-order valence-electron chi connectivity index (χ0n) is 35.6. The summed E-state index contributed by atoms with van der Waals surface area (Å²) in [6.07, 6.45) is 0. The predicted octanol–water partition coefficient (Wildman–Crippen LogP) is 4.55. The van der Waals surface area contributed by atoms with Crippen molar-refractivity contribution < 1.29 is 41.5 Å². The Balaban J connectivity index is 1.41. The van der Waals surface area contributed by atoms with Gasteiger partial charge >= 0.3 is 11.8 Å². The fourth-order valence-electron chi connectivity index (χ4n) is 7.49. The van der Waals surface area contributed by atoms with Crippen LogP contribution in [0.15, 0.2) is 82.8 Å². The van der Waals surface area contributed by atoms with Crippen molar-refractivity contribution in [2.24, 2.45) is 35.5 Å². The van der Waals surface area contributed by atoms with Gasteiger partial charge in [-0.15, -0.1) is 0 Å². The molecule has 0 aliphatic rings. The summed E-state index contributed by atoms with van der Waals surface area (Å²) >= 11 is 0. The number of halogens is 4. The van der Waals surface area contributed by atoms with E-state index in [1.165, 1.54) is 75.1 Å². The van der Waals surface area contributed by atoms with Crippen LogP contribution in [0.1, 0.15) is 72.5 Å². The quantitative estimate of drug-likeness (QED) is 0.149. The lowest BCUT2D eigenvalue weighted by atomic mass is 10.1. The van der Waals surface area contributed by atoms with E-state index in [0.717, 1.165) is 9.13 Å². The number of hydrogen-bond donors (Lipinski definition) is 2. The Morgan fingerprint density at radius 2 is 1.16 bits per heavy atom. The number of imidazole rings is 2. The zero-order chi connectivity index (χ0) is 46.4. The highest BCUT2D eigenvalue weighted by molar-refractivity contribution is 5.99. The van der Waals surface area contributed by atoms with Crippen LogP contribution in [0.5, 0.6) is 5.75 Å². The van der Waals surface area contributed by atoms with E-state index in [1.54, 1.807) is 58.0 Å². The van der Waals surface area contributed by atoms with Crippen molar-refractivity contribution in [3.63, 3.8) is 0 Å². The van der Waals surface area contributed by atoms with Crippen molar-refractivity contribution in [3.05, 3.63) is 123 Å². The molecule has 334 valence electrons. The van der Waals surface area contributed by atoms with E-state index >= 15 is 17.6 Å². The number of hydrogen-bond acceptors (Lipinski definition) is 7. The van der Waals surface area contributed by atoms with Crippen LogP contribution in [0.4, 0.5) is 17.6 Å². The lowest BCUT2D eigenvalue weighted by molar-refractivity contribution is -0.221. The SMILES string of the molecule is CCn1nc(C)cc1C(=O)/N=c1\n(C)c2cc(C(N)=O)ccc2n1CC(F)(F)C(F)(F)Cn1/c(=N/C(=O)c2cc(C)nn2CC)n(C)c2cc(C(N)=O)cc(OCc3ccccc3)c21. The van der Waals surface area contributed by atoms with Gasteiger partial charge in [-0.2, -0.15) is 37.7 Å². The van der Waals surface area contributed by atoms with Gasteiger partial charge in [0.15, 0.2) is 0 Å². The van der Waals surface area contributed by atoms with Crippen molar-refractivity contribution in [3.8, 4) is 5.75 Å². The van der Waals surface area contributed by atoms with E-state index in [1.807, 2.05) is 0 Å². The van der Waals surface area contributed by atoms with Crippen molar-refractivity contribution >= 4 is 45.7 Å². The first kappa shape index (κ1) is 44.5. The van der Waals surface area contributed by atoms with E-state index in [4.69, 9.17) is 16.2 Å². The molecule has 0 bridgehead atoms. The molecule has 4 heterocycles. The topological polar surface area (TPSA) is 210 Å². The number of amides is 4. The second kappa shape index (κ2) is 16.9. The van der Waals surface area contributed by atoms with Crippen LogP contribution in [0.3, 0.4) is 0 Å². The Labute approximate surface area is 361 Å². The second-order valence-electron chi connectivity index (χ2n) is 15.2. The maximum atomic E-state index is 17.0. The Morgan fingerprint density at radius 1 is 0.656 bits per heavy atom. The van der Waals surface area contributed by atoms with Gasteiger partial charge in [-0.1, -0.05) is 30.3 Å². The summed E-state index contributed by atoms with van der Waals surface area (Å²) in [6, 6.07) is 17.8. The fourth-order valence-corrected chi connectivity index (χ4v) is 7.49. The van der Waals surface area contributed by atoms with Crippen molar-refractivity contribution in [1.82, 2.24) is 37.8 Å². The number of nitrogens with zero attached hydrogens (tertiary/aromatic N) is 10. The van der Waals surface area contributed by atoms with Crippen LogP contribution in [-0.4, -0.2) is 73.3 Å². The molecule has 0 fully saturated rings. The summed E-state index contributed by atoms with van der Waals surface area (Å²) in [5.41, 5.74) is 11.5. The van der Waals surface area contributed by atoms with Crippen LogP contribution in [0.25, 0.3) is 22.1 Å². The summed E-state index contributed by atoms with van der Waals surface area (Å²) in [6.45, 7) is 3.60. The van der Waals surface area contributed by atoms with Crippen LogP contribution in [-0.2, 0) is 46.9 Å². The lowest BCUT2D eigenvalue weighted by Crippen LogP contribution is -2.49. The number of benzene rings is 3. The molecule has 21 heteroatoms. The van der Waals surface area contributed by atoms with Gasteiger partial charge in [0.05, 0.1) is 41.0 Å². The van der Waals surface area contributed by atoms with E-state index in [-0.39, 0.29) is 70.0 Å². The van der Waals surface area contributed by atoms with Gasteiger partial charge in [-0.3, -0.25) is 28.5 Å². The third-order valence-electron chi connectivity index (χ3n) is 10.7. The van der Waals surface area contributed by atoms with E-state index in [9.17, 15) is 19.2 Å². The molecular weight excluding hydrogens is 841 g/mol. The minimum Gasteiger partial charge on any atom is -0.487 e. The summed E-state index contributed by atoms with van der Waals surface area (Å²) in [5, 5.41) is 8.52. The molecule has 0 unspecified atom stereocenters. The molecule has 4 amide bonds. The van der Waals surface area contributed by atoms with Crippen molar-refractivity contribution in [2.45, 2.75) is 72.3 Å². The van der Waals surface area contributed by atoms with E-state index < -0.39 is 59.8 Å². The van der Waals surface area contributed by atoms with Crippen LogP contribution in [0.2, 0.25) is 0 Å². The molecule has 4 aromatic heterocycles. The number of alkyl halides is 4. The second-order valence-corrected chi connectivity index (χ2v) is 15.2. The van der Waals surface area contributed by atoms with Crippen LogP contribution >= 0.6 is 0 Å². The van der Waals surface area contributed by atoms with Gasteiger partial charge in [0, 0.05) is 38.3 Å². The Morgan fingerprint density at radius 3 is 1.69 bits per heavy atom. The average Bonchev–Trinajstić information content (AvgIpc) is 3.98. The highest BCUT2D eigenvalue weighted by Gasteiger charge is 2.57. The van der Waals surface area contributed by atoms with E-state index in [2.05, 4.69) is 20.2 Å². The first-order chi connectivity index (χ1) is 30.2. The first-order valence-electron chi connectivity index (χ1n) is 20.0. The smallest absolute Gasteiger partial charge is 0.329 e. The molecule has 0 aliphatic heterocycles. The summed E-state index contributed by atoms with van der Waals surface area (Å²) in [5.74, 6) is -13.7. The molecule has 17 nitrogen and oxygen atoms in total. The number of carbonyl (C=O) groups excluding carboxylic acids is 4. The summed E-state index contributed by atoms with van der Waals surface area (Å²) < 4.78 is 80.4. The number of ether oxygens (including phenoxy) is 1. The van der Waals surface area contributed by atoms with Gasteiger partial charge in [0.2, 0.25) is 23.1 Å². The average molecular weight is 885 g/mol. The number of carbonyl (C=O) groups is 4. The van der Waals surface area contributed by atoms with Gasteiger partial charge in [-0.25, -0.2) is 0 Å².